The van der Waals surface area contributed by atoms with Crippen molar-refractivity contribution in [2.45, 2.75) is 26.9 Å². The van der Waals surface area contributed by atoms with Crippen molar-refractivity contribution in [1.82, 2.24) is 4.98 Å². The number of anilines is 1. The maximum absolute atomic E-state index is 10.7. The minimum Gasteiger partial charge on any atom is -0.391 e. The fourth-order valence-electron chi connectivity index (χ4n) is 1.19. The molecule has 0 aliphatic carbocycles. The van der Waals surface area contributed by atoms with E-state index in [1.807, 2.05) is 20.8 Å². The quantitative estimate of drug-likeness (QED) is 0.618. The highest BCUT2D eigenvalue weighted by atomic mass is 16.6. The second-order valence-electron chi connectivity index (χ2n) is 4.91. The molecule has 94 valence electrons. The van der Waals surface area contributed by atoms with Crippen LogP contribution in [0, 0.1) is 15.5 Å². The molecule has 1 aromatic heterocycles. The molecule has 0 aromatic carbocycles. The summed E-state index contributed by atoms with van der Waals surface area (Å²) in [4.78, 5) is 13.9. The number of aliphatic hydroxyl groups is 1. The first kappa shape index (κ1) is 13.4. The number of nitro groups is 1. The Kier molecular flexibility index (Phi) is 4.01. The Morgan fingerprint density at radius 3 is 2.76 bits per heavy atom. The van der Waals surface area contributed by atoms with Gasteiger partial charge in [-0.3, -0.25) is 15.1 Å². The van der Waals surface area contributed by atoms with Gasteiger partial charge in [0.1, 0.15) is 11.9 Å². The fourth-order valence-corrected chi connectivity index (χ4v) is 1.19. The topological polar surface area (TPSA) is 88.3 Å². The SMILES string of the molecule is CC(C)(C)[C@H](O)CNc1ccncc1[N+](=O)[O-]. The van der Waals surface area contributed by atoms with Crippen LogP contribution in [0.3, 0.4) is 0 Å². The second kappa shape index (κ2) is 5.09. The average Bonchev–Trinajstić information content (AvgIpc) is 2.24. The Balaban J connectivity index is 2.73. The molecular formula is C11H17N3O3. The largest absolute Gasteiger partial charge is 0.391 e. The lowest BCUT2D eigenvalue weighted by Crippen LogP contribution is -2.32. The highest BCUT2D eigenvalue weighted by molar-refractivity contribution is 5.59. The van der Waals surface area contributed by atoms with E-state index in [0.717, 1.165) is 0 Å². The third kappa shape index (κ3) is 3.67. The molecule has 0 unspecified atom stereocenters. The van der Waals surface area contributed by atoms with Gasteiger partial charge in [0.15, 0.2) is 0 Å². The highest BCUT2D eigenvalue weighted by Gasteiger charge is 2.22. The third-order valence-electron chi connectivity index (χ3n) is 2.48. The smallest absolute Gasteiger partial charge is 0.310 e. The van der Waals surface area contributed by atoms with Gasteiger partial charge >= 0.3 is 5.69 Å². The van der Waals surface area contributed by atoms with Crippen molar-refractivity contribution < 1.29 is 10.0 Å². The molecular weight excluding hydrogens is 222 g/mol. The van der Waals surface area contributed by atoms with E-state index >= 15 is 0 Å². The second-order valence-corrected chi connectivity index (χ2v) is 4.91. The summed E-state index contributed by atoms with van der Waals surface area (Å²) in [5, 5.41) is 23.4. The Labute approximate surface area is 99.8 Å². The molecule has 1 aromatic rings. The van der Waals surface area contributed by atoms with E-state index in [4.69, 9.17) is 0 Å². The van der Waals surface area contributed by atoms with E-state index in [2.05, 4.69) is 10.3 Å². The molecule has 0 fully saturated rings. The summed E-state index contributed by atoms with van der Waals surface area (Å²) in [5.41, 5.74) is 0.0105. The van der Waals surface area contributed by atoms with Gasteiger partial charge in [-0.15, -0.1) is 0 Å². The molecule has 6 heteroatoms. The van der Waals surface area contributed by atoms with Crippen LogP contribution >= 0.6 is 0 Å². The van der Waals surface area contributed by atoms with E-state index in [-0.39, 0.29) is 17.6 Å². The van der Waals surface area contributed by atoms with Gasteiger partial charge in [0.25, 0.3) is 0 Å². The number of hydrogen-bond donors (Lipinski definition) is 2. The summed E-state index contributed by atoms with van der Waals surface area (Å²) in [6, 6.07) is 1.52. The van der Waals surface area contributed by atoms with E-state index < -0.39 is 11.0 Å². The van der Waals surface area contributed by atoms with Crippen LogP contribution in [0.2, 0.25) is 0 Å². The van der Waals surface area contributed by atoms with Crippen molar-refractivity contribution in [2.24, 2.45) is 5.41 Å². The average molecular weight is 239 g/mol. The van der Waals surface area contributed by atoms with E-state index in [0.29, 0.717) is 5.69 Å². The van der Waals surface area contributed by atoms with Crippen LogP contribution in [0.4, 0.5) is 11.4 Å². The van der Waals surface area contributed by atoms with Crippen LogP contribution in [0.5, 0.6) is 0 Å². The van der Waals surface area contributed by atoms with Crippen LogP contribution in [-0.2, 0) is 0 Å². The molecule has 6 nitrogen and oxygen atoms in total. The first-order chi connectivity index (χ1) is 7.82. The lowest BCUT2D eigenvalue weighted by Gasteiger charge is -2.26. The third-order valence-corrected chi connectivity index (χ3v) is 2.48. The lowest BCUT2D eigenvalue weighted by atomic mass is 9.89. The monoisotopic (exact) mass is 239 g/mol. The van der Waals surface area contributed by atoms with Gasteiger partial charge in [0.05, 0.1) is 11.0 Å². The minimum absolute atomic E-state index is 0.0893. The molecule has 0 radical (unpaired) electrons. The number of aliphatic hydroxyl groups excluding tert-OH is 1. The number of rotatable bonds is 4. The number of pyridine rings is 1. The van der Waals surface area contributed by atoms with Crippen molar-refractivity contribution in [1.29, 1.82) is 0 Å². The fraction of sp³-hybridized carbons (Fsp3) is 0.545. The molecule has 0 amide bonds. The van der Waals surface area contributed by atoms with Gasteiger partial charge in [0.2, 0.25) is 0 Å². The Bertz CT molecular complexity index is 401. The zero-order chi connectivity index (χ0) is 13.1. The summed E-state index contributed by atoms with van der Waals surface area (Å²) < 4.78 is 0. The van der Waals surface area contributed by atoms with Gasteiger partial charge in [-0.25, -0.2) is 0 Å². The summed E-state index contributed by atoms with van der Waals surface area (Å²) in [6.45, 7) is 5.97. The number of hydrogen-bond acceptors (Lipinski definition) is 5. The first-order valence-electron chi connectivity index (χ1n) is 5.32. The van der Waals surface area contributed by atoms with Crippen molar-refractivity contribution in [2.75, 3.05) is 11.9 Å². The van der Waals surface area contributed by atoms with Crippen molar-refractivity contribution in [3.8, 4) is 0 Å². The molecule has 0 saturated carbocycles. The molecule has 0 aliphatic heterocycles. The molecule has 2 N–H and O–H groups in total. The zero-order valence-corrected chi connectivity index (χ0v) is 10.2. The minimum atomic E-state index is -0.588. The predicted octanol–water partition coefficient (Wildman–Crippen LogP) is 1.81. The molecule has 0 aliphatic rings. The highest BCUT2D eigenvalue weighted by Crippen LogP contribution is 2.24. The zero-order valence-electron chi connectivity index (χ0n) is 10.2. The number of nitrogens with zero attached hydrogens (tertiary/aromatic N) is 2. The van der Waals surface area contributed by atoms with Gasteiger partial charge in [-0.05, 0) is 11.5 Å². The number of aromatic nitrogens is 1. The standard InChI is InChI=1S/C11H17N3O3/c1-11(2,3)10(15)7-13-8-4-5-12-6-9(8)14(16)17/h4-6,10,15H,7H2,1-3H3,(H,12,13)/t10-/m1/s1. The van der Waals surface area contributed by atoms with Gasteiger partial charge in [-0.2, -0.15) is 0 Å². The number of nitrogens with one attached hydrogen (secondary N) is 1. The molecule has 1 heterocycles. The van der Waals surface area contributed by atoms with E-state index in [1.165, 1.54) is 18.5 Å². The molecule has 0 saturated heterocycles. The summed E-state index contributed by atoms with van der Waals surface area (Å²) in [7, 11) is 0. The van der Waals surface area contributed by atoms with Crippen LogP contribution in [-0.4, -0.2) is 27.7 Å². The maximum Gasteiger partial charge on any atom is 0.310 e. The lowest BCUT2D eigenvalue weighted by molar-refractivity contribution is -0.384. The van der Waals surface area contributed by atoms with Gasteiger partial charge in [-0.1, -0.05) is 20.8 Å². The van der Waals surface area contributed by atoms with Crippen molar-refractivity contribution >= 4 is 11.4 Å². The Hall–Kier alpha value is -1.69. The van der Waals surface area contributed by atoms with E-state index in [1.54, 1.807) is 0 Å². The normalized spacial score (nSPS) is 13.2. The molecule has 0 spiro atoms. The summed E-state index contributed by atoms with van der Waals surface area (Å²) in [5.74, 6) is 0. The van der Waals surface area contributed by atoms with Crippen LogP contribution in [0.1, 0.15) is 20.8 Å². The molecule has 1 rings (SSSR count). The maximum atomic E-state index is 10.7. The van der Waals surface area contributed by atoms with Gasteiger partial charge in [0, 0.05) is 12.7 Å². The molecule has 17 heavy (non-hydrogen) atoms. The van der Waals surface area contributed by atoms with Crippen molar-refractivity contribution in [3.05, 3.63) is 28.6 Å². The Morgan fingerprint density at radius 1 is 1.59 bits per heavy atom. The Morgan fingerprint density at radius 2 is 2.24 bits per heavy atom. The van der Waals surface area contributed by atoms with Crippen molar-refractivity contribution in [3.63, 3.8) is 0 Å². The first-order valence-corrected chi connectivity index (χ1v) is 5.32. The summed E-state index contributed by atoms with van der Waals surface area (Å²) >= 11 is 0. The summed E-state index contributed by atoms with van der Waals surface area (Å²) in [6.07, 6.45) is 2.07. The van der Waals surface area contributed by atoms with Crippen LogP contribution in [0.15, 0.2) is 18.5 Å². The molecule has 1 atom stereocenters. The van der Waals surface area contributed by atoms with Gasteiger partial charge < -0.3 is 10.4 Å². The van der Waals surface area contributed by atoms with Crippen LogP contribution in [0.25, 0.3) is 0 Å². The van der Waals surface area contributed by atoms with Crippen LogP contribution < -0.4 is 5.32 Å². The predicted molar refractivity (Wildman–Crippen MR) is 64.8 cm³/mol. The van der Waals surface area contributed by atoms with E-state index in [9.17, 15) is 15.2 Å². The molecule has 0 bridgehead atoms.